The van der Waals surface area contributed by atoms with E-state index in [2.05, 4.69) is 42.9 Å². The molecule has 1 aliphatic heterocycles. The summed E-state index contributed by atoms with van der Waals surface area (Å²) in [6.07, 6.45) is 10.1. The second kappa shape index (κ2) is 7.38. The summed E-state index contributed by atoms with van der Waals surface area (Å²) in [7, 11) is 2.10. The Labute approximate surface area is 163 Å². The van der Waals surface area contributed by atoms with Gasteiger partial charge in [0, 0.05) is 37.3 Å². The lowest BCUT2D eigenvalue weighted by atomic mass is 9.59. The molecule has 0 spiro atoms. The van der Waals surface area contributed by atoms with Crippen LogP contribution in [0.5, 0.6) is 0 Å². The highest BCUT2D eigenvalue weighted by Crippen LogP contribution is 2.53. The van der Waals surface area contributed by atoms with E-state index in [9.17, 15) is 4.79 Å². The zero-order chi connectivity index (χ0) is 19.0. The number of allylic oxidation sites excluding steroid dienone is 1. The maximum atomic E-state index is 12.7. The Bertz CT molecular complexity index is 716. The molecule has 0 amide bonds. The van der Waals surface area contributed by atoms with E-state index in [4.69, 9.17) is 4.74 Å². The van der Waals surface area contributed by atoms with Gasteiger partial charge in [0.1, 0.15) is 6.10 Å². The normalized spacial score (nSPS) is 35.4. The standard InChI is InChI=1S/C23H32N2O2/c1-16-7-6-10-23(2)14-21-18(13-20(16)23)19(22(26)27-21)15-25(3)12-9-17-8-4-5-11-24-17/h4-5,8,11,13,16,18-19,21H,6-7,9-10,12,14-15H2,1-3H3/t16-,18+,19+,21-,23+/m1/s1. The maximum Gasteiger partial charge on any atom is 0.311 e. The van der Waals surface area contributed by atoms with Gasteiger partial charge in [-0.05, 0) is 49.8 Å². The number of esters is 1. The fourth-order valence-corrected chi connectivity index (χ4v) is 5.54. The van der Waals surface area contributed by atoms with Gasteiger partial charge in [0.05, 0.1) is 5.92 Å². The molecular weight excluding hydrogens is 336 g/mol. The number of carbonyl (C=O) groups excluding carboxylic acids is 1. The fraction of sp³-hybridized carbons (Fsp3) is 0.652. The molecule has 1 aromatic heterocycles. The van der Waals surface area contributed by atoms with Crippen molar-refractivity contribution in [2.45, 2.75) is 52.1 Å². The van der Waals surface area contributed by atoms with Crippen molar-refractivity contribution >= 4 is 5.97 Å². The van der Waals surface area contributed by atoms with Gasteiger partial charge in [-0.1, -0.05) is 38.0 Å². The Morgan fingerprint density at radius 1 is 1.37 bits per heavy atom. The number of hydrogen-bond acceptors (Lipinski definition) is 4. The lowest BCUT2D eigenvalue weighted by molar-refractivity contribution is -0.145. The largest absolute Gasteiger partial charge is 0.461 e. The first-order chi connectivity index (χ1) is 13.0. The number of carbonyl (C=O) groups is 1. The highest BCUT2D eigenvalue weighted by atomic mass is 16.6. The predicted octanol–water partition coefficient (Wildman–Crippen LogP) is 3.87. The van der Waals surface area contributed by atoms with Crippen LogP contribution in [0.1, 0.15) is 45.2 Å². The van der Waals surface area contributed by atoms with E-state index in [0.29, 0.717) is 5.92 Å². The summed E-state index contributed by atoms with van der Waals surface area (Å²) in [5.41, 5.74) is 2.93. The molecule has 4 heteroatoms. The van der Waals surface area contributed by atoms with Crippen molar-refractivity contribution in [1.82, 2.24) is 9.88 Å². The van der Waals surface area contributed by atoms with Crippen molar-refractivity contribution in [3.8, 4) is 0 Å². The van der Waals surface area contributed by atoms with Crippen LogP contribution in [-0.4, -0.2) is 42.1 Å². The van der Waals surface area contributed by atoms with Gasteiger partial charge in [-0.3, -0.25) is 9.78 Å². The van der Waals surface area contributed by atoms with Gasteiger partial charge in [0.2, 0.25) is 0 Å². The van der Waals surface area contributed by atoms with Crippen LogP contribution in [0, 0.1) is 23.2 Å². The van der Waals surface area contributed by atoms with Crippen molar-refractivity contribution < 1.29 is 9.53 Å². The van der Waals surface area contributed by atoms with Crippen molar-refractivity contribution in [3.63, 3.8) is 0 Å². The second-order valence-corrected chi connectivity index (χ2v) is 9.17. The smallest absolute Gasteiger partial charge is 0.311 e. The molecule has 3 aliphatic rings. The Balaban J connectivity index is 1.44. The van der Waals surface area contributed by atoms with Crippen LogP contribution in [0.4, 0.5) is 0 Å². The van der Waals surface area contributed by atoms with Crippen LogP contribution in [0.2, 0.25) is 0 Å². The van der Waals surface area contributed by atoms with Crippen LogP contribution < -0.4 is 0 Å². The number of ether oxygens (including phenoxy) is 1. The molecule has 0 radical (unpaired) electrons. The number of likely N-dealkylation sites (N-methyl/N-ethyl adjacent to an activating group) is 1. The highest BCUT2D eigenvalue weighted by molar-refractivity contribution is 5.76. The number of fused-ring (bicyclic) bond motifs is 2. The molecule has 0 N–H and O–H groups in total. The summed E-state index contributed by atoms with van der Waals surface area (Å²) < 4.78 is 5.87. The first-order valence-corrected chi connectivity index (χ1v) is 10.5. The minimum atomic E-state index is -0.0325. The summed E-state index contributed by atoms with van der Waals surface area (Å²) >= 11 is 0. The maximum absolute atomic E-state index is 12.7. The van der Waals surface area contributed by atoms with Crippen LogP contribution in [-0.2, 0) is 16.0 Å². The monoisotopic (exact) mass is 368 g/mol. The van der Waals surface area contributed by atoms with Crippen LogP contribution in [0.25, 0.3) is 0 Å². The lowest BCUT2D eigenvalue weighted by Crippen LogP contribution is -2.40. The van der Waals surface area contributed by atoms with E-state index < -0.39 is 0 Å². The predicted molar refractivity (Wildman–Crippen MR) is 106 cm³/mol. The summed E-state index contributed by atoms with van der Waals surface area (Å²) in [5, 5.41) is 0. The van der Waals surface area contributed by atoms with Gasteiger partial charge in [-0.15, -0.1) is 0 Å². The van der Waals surface area contributed by atoms with E-state index in [0.717, 1.165) is 31.6 Å². The first kappa shape index (κ1) is 18.7. The second-order valence-electron chi connectivity index (χ2n) is 9.17. The molecule has 146 valence electrons. The van der Waals surface area contributed by atoms with Gasteiger partial charge in [-0.25, -0.2) is 0 Å². The molecule has 0 unspecified atom stereocenters. The number of nitrogens with zero attached hydrogens (tertiary/aromatic N) is 2. The zero-order valence-electron chi connectivity index (χ0n) is 16.9. The molecule has 0 aromatic carbocycles. The quantitative estimate of drug-likeness (QED) is 0.584. The van der Waals surface area contributed by atoms with Crippen LogP contribution in [0.3, 0.4) is 0 Å². The zero-order valence-corrected chi connectivity index (χ0v) is 16.9. The minimum absolute atomic E-state index is 0.00133. The average molecular weight is 369 g/mol. The molecule has 0 bridgehead atoms. The molecular formula is C23H32N2O2. The third kappa shape index (κ3) is 3.69. The molecule has 2 fully saturated rings. The summed E-state index contributed by atoms with van der Waals surface area (Å²) in [5.74, 6) is 0.859. The minimum Gasteiger partial charge on any atom is -0.461 e. The molecule has 1 aromatic rings. The van der Waals surface area contributed by atoms with E-state index in [1.54, 1.807) is 5.57 Å². The third-order valence-electron chi connectivity index (χ3n) is 7.07. The van der Waals surface area contributed by atoms with Gasteiger partial charge >= 0.3 is 5.97 Å². The molecule has 4 nitrogen and oxygen atoms in total. The van der Waals surface area contributed by atoms with Gasteiger partial charge in [-0.2, -0.15) is 0 Å². The number of pyridine rings is 1. The molecule has 2 aliphatic carbocycles. The van der Waals surface area contributed by atoms with E-state index >= 15 is 0 Å². The molecule has 1 saturated carbocycles. The SMILES string of the molecule is C[C@@H]1CCC[C@@]2(C)C[C@H]3OC(=O)[C@@H](CN(C)CCc4ccccn4)[C@@H]3C=C12. The average Bonchev–Trinajstić information content (AvgIpc) is 2.93. The molecule has 5 atom stereocenters. The van der Waals surface area contributed by atoms with Crippen molar-refractivity contribution in [1.29, 1.82) is 0 Å². The van der Waals surface area contributed by atoms with E-state index in [1.165, 1.54) is 19.3 Å². The van der Waals surface area contributed by atoms with Crippen molar-refractivity contribution in [2.24, 2.45) is 23.2 Å². The van der Waals surface area contributed by atoms with E-state index in [1.807, 2.05) is 18.3 Å². The molecule has 1 saturated heterocycles. The van der Waals surface area contributed by atoms with Crippen molar-refractivity contribution in [3.05, 3.63) is 41.7 Å². The van der Waals surface area contributed by atoms with Gasteiger partial charge in [0.15, 0.2) is 0 Å². The lowest BCUT2D eigenvalue weighted by Gasteiger charge is -2.46. The highest BCUT2D eigenvalue weighted by Gasteiger charge is 2.51. The van der Waals surface area contributed by atoms with Gasteiger partial charge in [0.25, 0.3) is 0 Å². The number of aromatic nitrogens is 1. The number of hydrogen-bond donors (Lipinski definition) is 0. The van der Waals surface area contributed by atoms with Crippen LogP contribution >= 0.6 is 0 Å². The topological polar surface area (TPSA) is 42.4 Å². The molecule has 4 rings (SSSR count). The third-order valence-corrected chi connectivity index (χ3v) is 7.07. The summed E-state index contributed by atoms with van der Waals surface area (Å²) in [6, 6.07) is 6.03. The molecule has 2 heterocycles. The van der Waals surface area contributed by atoms with E-state index in [-0.39, 0.29) is 29.3 Å². The number of rotatable bonds is 5. The molecule has 27 heavy (non-hydrogen) atoms. The van der Waals surface area contributed by atoms with Gasteiger partial charge < -0.3 is 9.64 Å². The Hall–Kier alpha value is -1.68. The first-order valence-electron chi connectivity index (χ1n) is 10.5. The Kier molecular flexibility index (Phi) is 5.11. The Morgan fingerprint density at radius 2 is 2.22 bits per heavy atom. The van der Waals surface area contributed by atoms with Crippen LogP contribution in [0.15, 0.2) is 36.0 Å². The fourth-order valence-electron chi connectivity index (χ4n) is 5.54. The summed E-state index contributed by atoms with van der Waals surface area (Å²) in [6.45, 7) is 6.41. The van der Waals surface area contributed by atoms with Crippen molar-refractivity contribution in [2.75, 3.05) is 20.1 Å². The Morgan fingerprint density at radius 3 is 3.00 bits per heavy atom. The summed E-state index contributed by atoms with van der Waals surface area (Å²) in [4.78, 5) is 19.3.